The van der Waals surface area contributed by atoms with E-state index in [-0.39, 0.29) is 5.37 Å². The Labute approximate surface area is 149 Å². The lowest BCUT2D eigenvalue weighted by atomic mass is 10.2. The number of sulfonamides is 1. The number of methoxy groups -OCH3 is 1. The second-order valence-corrected chi connectivity index (χ2v) is 9.06. The number of ether oxygens (including phenoxy) is 1. The summed E-state index contributed by atoms with van der Waals surface area (Å²) in [4.78, 5) is 0.294. The van der Waals surface area contributed by atoms with Gasteiger partial charge in [0.2, 0.25) is 10.0 Å². The van der Waals surface area contributed by atoms with E-state index in [9.17, 15) is 8.42 Å². The molecule has 3 rings (SSSR count). The molecule has 1 fully saturated rings. The Balaban J connectivity index is 1.92. The summed E-state index contributed by atoms with van der Waals surface area (Å²) in [7, 11) is -1.97. The first-order valence-electron chi connectivity index (χ1n) is 7.05. The van der Waals surface area contributed by atoms with Gasteiger partial charge in [0.25, 0.3) is 0 Å². The third-order valence-electron chi connectivity index (χ3n) is 3.67. The molecule has 1 aliphatic heterocycles. The molecule has 1 heterocycles. The molecule has 1 atom stereocenters. The van der Waals surface area contributed by atoms with Gasteiger partial charge in [-0.25, -0.2) is 8.42 Å². The van der Waals surface area contributed by atoms with Crippen molar-refractivity contribution in [1.82, 2.24) is 4.31 Å². The van der Waals surface area contributed by atoms with Crippen LogP contribution in [0.15, 0.2) is 57.9 Å². The Morgan fingerprint density at radius 2 is 1.78 bits per heavy atom. The zero-order valence-electron chi connectivity index (χ0n) is 12.5. The van der Waals surface area contributed by atoms with E-state index in [0.29, 0.717) is 17.2 Å². The van der Waals surface area contributed by atoms with Crippen LogP contribution in [0.3, 0.4) is 0 Å². The Bertz CT molecular complexity index is 776. The molecule has 122 valence electrons. The number of benzene rings is 2. The summed E-state index contributed by atoms with van der Waals surface area (Å²) in [5.41, 5.74) is 0.993. The van der Waals surface area contributed by atoms with Crippen LogP contribution in [0.5, 0.6) is 5.75 Å². The fraction of sp³-hybridized carbons (Fsp3) is 0.250. The first kappa shape index (κ1) is 16.8. The molecule has 0 amide bonds. The number of thioether (sulfide) groups is 1. The van der Waals surface area contributed by atoms with E-state index in [0.717, 1.165) is 15.8 Å². The molecule has 2 aromatic rings. The third-order valence-corrected chi connectivity index (χ3v) is 7.47. The minimum atomic E-state index is -3.53. The van der Waals surface area contributed by atoms with Gasteiger partial charge in [-0.2, -0.15) is 4.31 Å². The largest absolute Gasteiger partial charge is 0.497 e. The van der Waals surface area contributed by atoms with Gasteiger partial charge in [-0.05, 0) is 42.0 Å². The molecular weight excluding hydrogens is 398 g/mol. The number of nitrogens with zero attached hydrogens (tertiary/aromatic N) is 1. The van der Waals surface area contributed by atoms with Gasteiger partial charge in [0.15, 0.2) is 0 Å². The van der Waals surface area contributed by atoms with E-state index < -0.39 is 10.0 Å². The summed E-state index contributed by atoms with van der Waals surface area (Å²) in [6, 6.07) is 14.3. The summed E-state index contributed by atoms with van der Waals surface area (Å²) in [5.74, 6) is 1.43. The maximum absolute atomic E-state index is 12.9. The molecule has 7 heteroatoms. The zero-order chi connectivity index (χ0) is 16.4. The summed E-state index contributed by atoms with van der Waals surface area (Å²) in [5, 5.41) is -0.185. The maximum atomic E-state index is 12.9. The van der Waals surface area contributed by atoms with Gasteiger partial charge >= 0.3 is 0 Å². The van der Waals surface area contributed by atoms with Gasteiger partial charge in [0.05, 0.1) is 17.4 Å². The number of hydrogen-bond acceptors (Lipinski definition) is 4. The molecule has 0 radical (unpaired) electrons. The first-order valence-corrected chi connectivity index (χ1v) is 10.3. The van der Waals surface area contributed by atoms with Crippen LogP contribution in [0.25, 0.3) is 0 Å². The van der Waals surface area contributed by atoms with Crippen LogP contribution < -0.4 is 4.74 Å². The molecule has 23 heavy (non-hydrogen) atoms. The van der Waals surface area contributed by atoms with E-state index in [1.54, 1.807) is 47.4 Å². The molecular formula is C16H16BrNO3S2. The van der Waals surface area contributed by atoms with E-state index in [4.69, 9.17) is 4.74 Å². The van der Waals surface area contributed by atoms with Crippen molar-refractivity contribution in [3.8, 4) is 5.75 Å². The van der Waals surface area contributed by atoms with Crippen molar-refractivity contribution in [1.29, 1.82) is 0 Å². The molecule has 0 spiro atoms. The van der Waals surface area contributed by atoms with Crippen LogP contribution in [-0.4, -0.2) is 32.1 Å². The average molecular weight is 414 g/mol. The fourth-order valence-corrected chi connectivity index (χ4v) is 5.98. The van der Waals surface area contributed by atoms with Crippen molar-refractivity contribution in [2.45, 2.75) is 10.3 Å². The van der Waals surface area contributed by atoms with Crippen molar-refractivity contribution in [2.75, 3.05) is 19.4 Å². The smallest absolute Gasteiger partial charge is 0.244 e. The predicted molar refractivity (Wildman–Crippen MR) is 96.2 cm³/mol. The summed E-state index contributed by atoms with van der Waals surface area (Å²) in [6.07, 6.45) is 0. The second kappa shape index (κ2) is 6.84. The van der Waals surface area contributed by atoms with Crippen molar-refractivity contribution < 1.29 is 13.2 Å². The number of hydrogen-bond donors (Lipinski definition) is 0. The highest BCUT2D eigenvalue weighted by Crippen LogP contribution is 2.41. The summed E-state index contributed by atoms with van der Waals surface area (Å²) in [6.45, 7) is 0.514. The van der Waals surface area contributed by atoms with Gasteiger partial charge in [-0.3, -0.25) is 0 Å². The van der Waals surface area contributed by atoms with Crippen LogP contribution in [0.4, 0.5) is 0 Å². The monoisotopic (exact) mass is 413 g/mol. The van der Waals surface area contributed by atoms with E-state index in [1.807, 2.05) is 24.3 Å². The van der Waals surface area contributed by atoms with Gasteiger partial charge in [-0.1, -0.05) is 28.1 Å². The molecule has 0 saturated carbocycles. The third kappa shape index (κ3) is 3.42. The van der Waals surface area contributed by atoms with Crippen LogP contribution in [0.1, 0.15) is 10.9 Å². The molecule has 0 N–H and O–H groups in total. The van der Waals surface area contributed by atoms with Crippen molar-refractivity contribution in [3.63, 3.8) is 0 Å². The zero-order valence-corrected chi connectivity index (χ0v) is 15.7. The van der Waals surface area contributed by atoms with Gasteiger partial charge < -0.3 is 4.74 Å². The highest BCUT2D eigenvalue weighted by molar-refractivity contribution is 9.10. The Morgan fingerprint density at radius 1 is 1.13 bits per heavy atom. The first-order chi connectivity index (χ1) is 11.0. The molecule has 1 aliphatic rings. The lowest BCUT2D eigenvalue weighted by Crippen LogP contribution is -2.30. The average Bonchev–Trinajstić information content (AvgIpc) is 3.06. The van der Waals surface area contributed by atoms with E-state index in [2.05, 4.69) is 15.9 Å². The lowest BCUT2D eigenvalue weighted by Gasteiger charge is -2.23. The van der Waals surface area contributed by atoms with Gasteiger partial charge in [0, 0.05) is 16.8 Å². The lowest BCUT2D eigenvalue weighted by molar-refractivity contribution is 0.414. The fourth-order valence-electron chi connectivity index (χ4n) is 2.47. The van der Waals surface area contributed by atoms with Gasteiger partial charge in [-0.15, -0.1) is 11.8 Å². The Hall–Kier alpha value is -1.02. The standard InChI is InChI=1S/C16H16BrNO3S2/c1-21-14-6-8-15(9-7-14)23(19,20)18-10-11-22-16(18)12-2-4-13(17)5-3-12/h2-9,16H,10-11H2,1H3/t16-/m1/s1. The molecule has 0 aliphatic carbocycles. The predicted octanol–water partition coefficient (Wildman–Crippen LogP) is 3.89. The maximum Gasteiger partial charge on any atom is 0.244 e. The van der Waals surface area contributed by atoms with Crippen molar-refractivity contribution >= 4 is 37.7 Å². The minimum absolute atomic E-state index is 0.185. The molecule has 1 saturated heterocycles. The highest BCUT2D eigenvalue weighted by Gasteiger charge is 2.36. The second-order valence-electron chi connectivity index (χ2n) is 5.07. The normalized spacial score (nSPS) is 19.0. The van der Waals surface area contributed by atoms with Crippen LogP contribution in [0, 0.1) is 0 Å². The molecule has 0 bridgehead atoms. The highest BCUT2D eigenvalue weighted by atomic mass is 79.9. The number of rotatable bonds is 4. The molecule has 4 nitrogen and oxygen atoms in total. The quantitative estimate of drug-likeness (QED) is 0.762. The summed E-state index contributed by atoms with van der Waals surface area (Å²) >= 11 is 5.05. The van der Waals surface area contributed by atoms with E-state index >= 15 is 0 Å². The summed E-state index contributed by atoms with van der Waals surface area (Å²) < 4.78 is 33.5. The minimum Gasteiger partial charge on any atom is -0.497 e. The molecule has 0 aromatic heterocycles. The Kier molecular flexibility index (Phi) is 5.01. The van der Waals surface area contributed by atoms with Gasteiger partial charge in [0.1, 0.15) is 5.75 Å². The van der Waals surface area contributed by atoms with E-state index in [1.165, 1.54) is 0 Å². The number of halogens is 1. The molecule has 2 aromatic carbocycles. The Morgan fingerprint density at radius 3 is 2.39 bits per heavy atom. The SMILES string of the molecule is COc1ccc(S(=O)(=O)N2CCS[C@@H]2c2ccc(Br)cc2)cc1. The van der Waals surface area contributed by atoms with Crippen molar-refractivity contribution in [2.24, 2.45) is 0 Å². The van der Waals surface area contributed by atoms with Crippen LogP contribution in [-0.2, 0) is 10.0 Å². The van der Waals surface area contributed by atoms with Crippen LogP contribution in [0.2, 0.25) is 0 Å². The van der Waals surface area contributed by atoms with Crippen LogP contribution >= 0.6 is 27.7 Å². The van der Waals surface area contributed by atoms with Crippen molar-refractivity contribution in [3.05, 3.63) is 58.6 Å². The topological polar surface area (TPSA) is 46.6 Å². The molecule has 0 unspecified atom stereocenters.